The summed E-state index contributed by atoms with van der Waals surface area (Å²) in [4.78, 5) is 4.22. The molecule has 0 saturated heterocycles. The van der Waals surface area contributed by atoms with E-state index in [1.807, 2.05) is 7.05 Å². The molecule has 0 aromatic heterocycles. The zero-order chi connectivity index (χ0) is 13.4. The third-order valence-electron chi connectivity index (χ3n) is 2.95. The summed E-state index contributed by atoms with van der Waals surface area (Å²) in [6.45, 7) is 8.36. The number of nitrogens with one attached hydrogen (secondary N) is 2. The SMILES string of the molecule is CN=C(NCCC(C)C)NCc1ccccc1C. The summed E-state index contributed by atoms with van der Waals surface area (Å²) in [5, 5.41) is 6.67. The van der Waals surface area contributed by atoms with Gasteiger partial charge in [-0.2, -0.15) is 0 Å². The first kappa shape index (κ1) is 14.6. The number of aliphatic imine (C=N–C) groups is 1. The van der Waals surface area contributed by atoms with Crippen LogP contribution in [-0.2, 0) is 6.54 Å². The lowest BCUT2D eigenvalue weighted by molar-refractivity contribution is 0.573. The van der Waals surface area contributed by atoms with Gasteiger partial charge in [0.25, 0.3) is 0 Å². The van der Waals surface area contributed by atoms with Gasteiger partial charge in [-0.1, -0.05) is 38.1 Å². The zero-order valence-electron chi connectivity index (χ0n) is 12.0. The highest BCUT2D eigenvalue weighted by Crippen LogP contribution is 2.05. The minimum absolute atomic E-state index is 0.715. The maximum atomic E-state index is 4.22. The molecule has 0 aliphatic carbocycles. The third kappa shape index (κ3) is 5.21. The van der Waals surface area contributed by atoms with Crippen molar-refractivity contribution < 1.29 is 0 Å². The third-order valence-corrected chi connectivity index (χ3v) is 2.95. The molecule has 1 aromatic rings. The Hall–Kier alpha value is -1.51. The topological polar surface area (TPSA) is 36.4 Å². The second kappa shape index (κ2) is 7.75. The molecular weight excluding hydrogens is 222 g/mol. The van der Waals surface area contributed by atoms with Gasteiger partial charge >= 0.3 is 0 Å². The van der Waals surface area contributed by atoms with Crippen LogP contribution in [0.4, 0.5) is 0 Å². The number of hydrogen-bond acceptors (Lipinski definition) is 1. The summed E-state index contributed by atoms with van der Waals surface area (Å²) >= 11 is 0. The molecular formula is C15H25N3. The molecule has 0 heterocycles. The number of benzene rings is 1. The first-order chi connectivity index (χ1) is 8.63. The van der Waals surface area contributed by atoms with E-state index in [0.29, 0.717) is 5.92 Å². The summed E-state index contributed by atoms with van der Waals surface area (Å²) in [6.07, 6.45) is 1.16. The van der Waals surface area contributed by atoms with E-state index >= 15 is 0 Å². The summed E-state index contributed by atoms with van der Waals surface area (Å²) in [5.41, 5.74) is 2.62. The highest BCUT2D eigenvalue weighted by molar-refractivity contribution is 5.79. The first-order valence-corrected chi connectivity index (χ1v) is 6.62. The minimum Gasteiger partial charge on any atom is -0.356 e. The first-order valence-electron chi connectivity index (χ1n) is 6.62. The van der Waals surface area contributed by atoms with Crippen LogP contribution in [0.2, 0.25) is 0 Å². The average Bonchev–Trinajstić information content (AvgIpc) is 2.35. The van der Waals surface area contributed by atoms with Crippen LogP contribution in [-0.4, -0.2) is 19.6 Å². The fourth-order valence-corrected chi connectivity index (χ4v) is 1.69. The molecule has 0 saturated carbocycles. The molecule has 18 heavy (non-hydrogen) atoms. The van der Waals surface area contributed by atoms with Gasteiger partial charge in [-0.15, -0.1) is 0 Å². The predicted octanol–water partition coefficient (Wildman–Crippen LogP) is 2.71. The number of guanidine groups is 1. The maximum Gasteiger partial charge on any atom is 0.191 e. The maximum absolute atomic E-state index is 4.22. The van der Waals surface area contributed by atoms with Gasteiger partial charge in [-0.25, -0.2) is 0 Å². The number of hydrogen-bond donors (Lipinski definition) is 2. The molecule has 0 unspecified atom stereocenters. The Balaban J connectivity index is 2.39. The molecule has 1 rings (SSSR count). The van der Waals surface area contributed by atoms with E-state index in [9.17, 15) is 0 Å². The van der Waals surface area contributed by atoms with Gasteiger partial charge in [-0.3, -0.25) is 4.99 Å². The Morgan fingerprint density at radius 3 is 2.56 bits per heavy atom. The van der Waals surface area contributed by atoms with Gasteiger partial charge in [0.05, 0.1) is 0 Å². The molecule has 2 N–H and O–H groups in total. The molecule has 0 fully saturated rings. The lowest BCUT2D eigenvalue weighted by Gasteiger charge is -2.13. The number of aryl methyl sites for hydroxylation is 1. The van der Waals surface area contributed by atoms with Crippen molar-refractivity contribution in [1.29, 1.82) is 0 Å². The van der Waals surface area contributed by atoms with E-state index in [4.69, 9.17) is 0 Å². The zero-order valence-corrected chi connectivity index (χ0v) is 12.0. The Morgan fingerprint density at radius 1 is 1.22 bits per heavy atom. The van der Waals surface area contributed by atoms with Crippen molar-refractivity contribution in [3.63, 3.8) is 0 Å². The molecule has 3 nitrogen and oxygen atoms in total. The van der Waals surface area contributed by atoms with E-state index in [2.05, 4.69) is 60.7 Å². The summed E-state index contributed by atoms with van der Waals surface area (Å²) in [5.74, 6) is 1.59. The molecule has 1 aromatic carbocycles. The fraction of sp³-hybridized carbons (Fsp3) is 0.533. The van der Waals surface area contributed by atoms with Crippen molar-refractivity contribution in [3.8, 4) is 0 Å². The van der Waals surface area contributed by atoms with Gasteiger partial charge in [-0.05, 0) is 30.4 Å². The largest absolute Gasteiger partial charge is 0.356 e. The number of nitrogens with zero attached hydrogens (tertiary/aromatic N) is 1. The van der Waals surface area contributed by atoms with E-state index in [-0.39, 0.29) is 0 Å². The monoisotopic (exact) mass is 247 g/mol. The van der Waals surface area contributed by atoms with E-state index in [1.54, 1.807) is 0 Å². The van der Waals surface area contributed by atoms with Gasteiger partial charge < -0.3 is 10.6 Å². The normalized spacial score (nSPS) is 11.7. The summed E-state index contributed by atoms with van der Waals surface area (Å²) in [6, 6.07) is 8.41. The summed E-state index contributed by atoms with van der Waals surface area (Å²) in [7, 11) is 1.81. The van der Waals surface area contributed by atoms with Crippen LogP contribution in [0.25, 0.3) is 0 Å². The molecule has 0 aliphatic heterocycles. The van der Waals surface area contributed by atoms with Crippen LogP contribution in [0.5, 0.6) is 0 Å². The minimum atomic E-state index is 0.715. The molecule has 3 heteroatoms. The van der Waals surface area contributed by atoms with Crippen molar-refractivity contribution in [1.82, 2.24) is 10.6 Å². The van der Waals surface area contributed by atoms with Crippen LogP contribution < -0.4 is 10.6 Å². The van der Waals surface area contributed by atoms with Crippen LogP contribution in [0.15, 0.2) is 29.3 Å². The van der Waals surface area contributed by atoms with Crippen LogP contribution in [0.3, 0.4) is 0 Å². The highest BCUT2D eigenvalue weighted by atomic mass is 15.2. The van der Waals surface area contributed by atoms with Crippen LogP contribution in [0, 0.1) is 12.8 Å². The predicted molar refractivity (Wildman–Crippen MR) is 78.8 cm³/mol. The van der Waals surface area contributed by atoms with Crippen molar-refractivity contribution in [2.75, 3.05) is 13.6 Å². The Bertz CT molecular complexity index is 383. The Labute approximate surface area is 111 Å². The van der Waals surface area contributed by atoms with Gasteiger partial charge in [0.1, 0.15) is 0 Å². The second-order valence-corrected chi connectivity index (χ2v) is 4.96. The summed E-state index contributed by atoms with van der Waals surface area (Å²) < 4.78 is 0. The van der Waals surface area contributed by atoms with E-state index in [1.165, 1.54) is 11.1 Å². The Kier molecular flexibility index (Phi) is 6.26. The van der Waals surface area contributed by atoms with Gasteiger partial charge in [0.15, 0.2) is 5.96 Å². The molecule has 100 valence electrons. The molecule has 0 amide bonds. The molecule has 0 bridgehead atoms. The van der Waals surface area contributed by atoms with Gasteiger partial charge in [0.2, 0.25) is 0 Å². The number of rotatable bonds is 5. The van der Waals surface area contributed by atoms with Crippen molar-refractivity contribution in [3.05, 3.63) is 35.4 Å². The van der Waals surface area contributed by atoms with Gasteiger partial charge in [0, 0.05) is 20.1 Å². The lowest BCUT2D eigenvalue weighted by Crippen LogP contribution is -2.37. The standard InChI is InChI=1S/C15H25N3/c1-12(2)9-10-17-15(16-4)18-11-14-8-6-5-7-13(14)3/h5-8,12H,9-11H2,1-4H3,(H2,16,17,18). The van der Waals surface area contributed by atoms with Crippen molar-refractivity contribution >= 4 is 5.96 Å². The van der Waals surface area contributed by atoms with Crippen LogP contribution >= 0.6 is 0 Å². The van der Waals surface area contributed by atoms with Crippen molar-refractivity contribution in [2.45, 2.75) is 33.7 Å². The molecule has 0 radical (unpaired) electrons. The fourth-order valence-electron chi connectivity index (χ4n) is 1.69. The van der Waals surface area contributed by atoms with Crippen molar-refractivity contribution in [2.24, 2.45) is 10.9 Å². The average molecular weight is 247 g/mol. The Morgan fingerprint density at radius 2 is 1.94 bits per heavy atom. The quantitative estimate of drug-likeness (QED) is 0.620. The van der Waals surface area contributed by atoms with E-state index < -0.39 is 0 Å². The molecule has 0 aliphatic rings. The second-order valence-electron chi connectivity index (χ2n) is 4.96. The van der Waals surface area contributed by atoms with E-state index in [0.717, 1.165) is 25.5 Å². The molecule has 0 spiro atoms. The smallest absolute Gasteiger partial charge is 0.191 e. The van der Waals surface area contributed by atoms with Crippen LogP contribution in [0.1, 0.15) is 31.4 Å². The highest BCUT2D eigenvalue weighted by Gasteiger charge is 2.00. The lowest BCUT2D eigenvalue weighted by atomic mass is 10.1. The molecule has 0 atom stereocenters.